The maximum absolute atomic E-state index is 11.6. The van der Waals surface area contributed by atoms with Gasteiger partial charge >= 0.3 is 0 Å². The highest BCUT2D eigenvalue weighted by Crippen LogP contribution is 2.39. The predicted molar refractivity (Wildman–Crippen MR) is 75.4 cm³/mol. The lowest BCUT2D eigenvalue weighted by Crippen LogP contribution is -2.52. The molecule has 1 N–H and O–H groups in total. The Bertz CT molecular complexity index is 501. The fourth-order valence-corrected chi connectivity index (χ4v) is 2.72. The van der Waals surface area contributed by atoms with Crippen LogP contribution < -0.4 is 10.2 Å². The number of carbonyl (C=O) groups is 1. The molecule has 106 valence electrons. The van der Waals surface area contributed by atoms with Crippen molar-refractivity contribution in [2.75, 3.05) is 24.5 Å². The van der Waals surface area contributed by atoms with E-state index in [0.29, 0.717) is 17.8 Å². The standard InChI is InChI=1S/C15H20N4O/c20-15(12-3-4-12)16-7-10-8-19(9-10)14-6-5-13(17-18-14)11-1-2-11/h5-6,10-12H,1-4,7-9H2,(H,16,20). The summed E-state index contributed by atoms with van der Waals surface area (Å²) < 4.78 is 0. The van der Waals surface area contributed by atoms with Gasteiger partial charge in [0.25, 0.3) is 0 Å². The Morgan fingerprint density at radius 1 is 1.20 bits per heavy atom. The van der Waals surface area contributed by atoms with Gasteiger partial charge in [-0.3, -0.25) is 4.79 Å². The van der Waals surface area contributed by atoms with Crippen LogP contribution in [0.3, 0.4) is 0 Å². The van der Waals surface area contributed by atoms with Crippen LogP contribution >= 0.6 is 0 Å². The van der Waals surface area contributed by atoms with Gasteiger partial charge in [0.2, 0.25) is 5.91 Å². The van der Waals surface area contributed by atoms with Crippen molar-refractivity contribution in [3.63, 3.8) is 0 Å². The zero-order valence-corrected chi connectivity index (χ0v) is 11.6. The average molecular weight is 272 g/mol. The van der Waals surface area contributed by atoms with Crippen LogP contribution in [0.5, 0.6) is 0 Å². The van der Waals surface area contributed by atoms with E-state index in [1.54, 1.807) is 0 Å². The van der Waals surface area contributed by atoms with E-state index >= 15 is 0 Å². The SMILES string of the molecule is O=C(NCC1CN(c2ccc(C3CC3)nn2)C1)C1CC1. The molecule has 0 bridgehead atoms. The minimum absolute atomic E-state index is 0.247. The largest absolute Gasteiger partial charge is 0.355 e. The highest BCUT2D eigenvalue weighted by molar-refractivity contribution is 5.80. The maximum atomic E-state index is 11.6. The Morgan fingerprint density at radius 2 is 2.00 bits per heavy atom. The number of nitrogens with zero attached hydrogens (tertiary/aromatic N) is 3. The second kappa shape index (κ2) is 4.72. The summed E-state index contributed by atoms with van der Waals surface area (Å²) in [6.07, 6.45) is 4.68. The van der Waals surface area contributed by atoms with Crippen molar-refractivity contribution in [1.82, 2.24) is 15.5 Å². The van der Waals surface area contributed by atoms with Gasteiger partial charge in [0.15, 0.2) is 5.82 Å². The fraction of sp³-hybridized carbons (Fsp3) is 0.667. The highest BCUT2D eigenvalue weighted by Gasteiger charge is 2.32. The first-order valence-corrected chi connectivity index (χ1v) is 7.66. The minimum atomic E-state index is 0.247. The monoisotopic (exact) mass is 272 g/mol. The predicted octanol–water partition coefficient (Wildman–Crippen LogP) is 1.32. The van der Waals surface area contributed by atoms with Crippen molar-refractivity contribution in [2.24, 2.45) is 11.8 Å². The second-order valence-corrected chi connectivity index (χ2v) is 6.38. The molecule has 2 aliphatic carbocycles. The van der Waals surface area contributed by atoms with Crippen LogP contribution in [-0.4, -0.2) is 35.7 Å². The van der Waals surface area contributed by atoms with Gasteiger partial charge in [-0.2, -0.15) is 5.10 Å². The number of hydrogen-bond acceptors (Lipinski definition) is 4. The van der Waals surface area contributed by atoms with Gasteiger partial charge in [-0.15, -0.1) is 5.10 Å². The Balaban J connectivity index is 1.24. The lowest BCUT2D eigenvalue weighted by molar-refractivity contribution is -0.122. The zero-order chi connectivity index (χ0) is 13.5. The smallest absolute Gasteiger partial charge is 0.223 e. The summed E-state index contributed by atoms with van der Waals surface area (Å²) >= 11 is 0. The average Bonchev–Trinajstić information content (AvgIpc) is 3.29. The van der Waals surface area contributed by atoms with Crippen LogP contribution in [0.15, 0.2) is 12.1 Å². The number of aromatic nitrogens is 2. The summed E-state index contributed by atoms with van der Waals surface area (Å²) in [5.41, 5.74) is 1.14. The maximum Gasteiger partial charge on any atom is 0.223 e. The van der Waals surface area contributed by atoms with Crippen molar-refractivity contribution < 1.29 is 4.79 Å². The third kappa shape index (κ3) is 2.49. The summed E-state index contributed by atoms with van der Waals surface area (Å²) in [4.78, 5) is 13.8. The van der Waals surface area contributed by atoms with Gasteiger partial charge in [0.05, 0.1) is 5.69 Å². The second-order valence-electron chi connectivity index (χ2n) is 6.38. The number of amides is 1. The topological polar surface area (TPSA) is 58.1 Å². The molecule has 2 heterocycles. The molecule has 1 aliphatic heterocycles. The van der Waals surface area contributed by atoms with Crippen LogP contribution in [0.2, 0.25) is 0 Å². The first-order chi connectivity index (χ1) is 9.79. The first kappa shape index (κ1) is 12.1. The van der Waals surface area contributed by atoms with Crippen molar-refractivity contribution >= 4 is 11.7 Å². The number of carbonyl (C=O) groups excluding carboxylic acids is 1. The van der Waals surface area contributed by atoms with E-state index in [1.165, 1.54) is 12.8 Å². The Morgan fingerprint density at radius 3 is 2.60 bits per heavy atom. The number of nitrogens with one attached hydrogen (secondary N) is 1. The van der Waals surface area contributed by atoms with Gasteiger partial charge in [0.1, 0.15) is 0 Å². The molecule has 1 saturated heterocycles. The van der Waals surface area contributed by atoms with Crippen LogP contribution in [0.1, 0.15) is 37.3 Å². The van der Waals surface area contributed by atoms with Gasteiger partial charge < -0.3 is 10.2 Å². The molecule has 3 fully saturated rings. The molecule has 4 rings (SSSR count). The van der Waals surface area contributed by atoms with E-state index in [9.17, 15) is 4.79 Å². The van der Waals surface area contributed by atoms with E-state index in [1.807, 2.05) is 0 Å². The minimum Gasteiger partial charge on any atom is -0.355 e. The van der Waals surface area contributed by atoms with Crippen molar-refractivity contribution in [1.29, 1.82) is 0 Å². The molecule has 5 heteroatoms. The summed E-state index contributed by atoms with van der Waals surface area (Å²) in [5.74, 6) is 2.75. The van der Waals surface area contributed by atoms with E-state index in [2.05, 4.69) is 32.5 Å². The summed E-state index contributed by atoms with van der Waals surface area (Å²) in [5, 5.41) is 11.7. The quantitative estimate of drug-likeness (QED) is 0.878. The van der Waals surface area contributed by atoms with E-state index in [4.69, 9.17) is 0 Å². The van der Waals surface area contributed by atoms with E-state index in [0.717, 1.165) is 44.0 Å². The Kier molecular flexibility index (Phi) is 2.86. The molecule has 0 spiro atoms. The van der Waals surface area contributed by atoms with Gasteiger partial charge in [0, 0.05) is 37.4 Å². The highest BCUT2D eigenvalue weighted by atomic mass is 16.2. The van der Waals surface area contributed by atoms with Crippen molar-refractivity contribution in [3.8, 4) is 0 Å². The van der Waals surface area contributed by atoms with Gasteiger partial charge in [-0.1, -0.05) is 0 Å². The Hall–Kier alpha value is -1.65. The third-order valence-electron chi connectivity index (χ3n) is 4.46. The molecule has 1 aromatic rings. The van der Waals surface area contributed by atoms with Crippen molar-refractivity contribution in [3.05, 3.63) is 17.8 Å². The van der Waals surface area contributed by atoms with Crippen molar-refractivity contribution in [2.45, 2.75) is 31.6 Å². The van der Waals surface area contributed by atoms with E-state index < -0.39 is 0 Å². The van der Waals surface area contributed by atoms with E-state index in [-0.39, 0.29) is 5.91 Å². The lowest BCUT2D eigenvalue weighted by Gasteiger charge is -2.39. The Labute approximate surface area is 118 Å². The van der Waals surface area contributed by atoms with Crippen LogP contribution in [0.4, 0.5) is 5.82 Å². The van der Waals surface area contributed by atoms with Crippen LogP contribution in [0.25, 0.3) is 0 Å². The molecular formula is C15H20N4O. The molecular weight excluding hydrogens is 252 g/mol. The zero-order valence-electron chi connectivity index (χ0n) is 11.6. The molecule has 2 saturated carbocycles. The molecule has 20 heavy (non-hydrogen) atoms. The van der Waals surface area contributed by atoms with Gasteiger partial charge in [-0.25, -0.2) is 0 Å². The summed E-state index contributed by atoms with van der Waals surface area (Å²) in [6.45, 7) is 2.75. The lowest BCUT2D eigenvalue weighted by atomic mass is 10.00. The summed E-state index contributed by atoms with van der Waals surface area (Å²) in [6, 6.07) is 4.20. The van der Waals surface area contributed by atoms with Crippen LogP contribution in [-0.2, 0) is 4.79 Å². The first-order valence-electron chi connectivity index (χ1n) is 7.66. The molecule has 0 unspecified atom stereocenters. The number of hydrogen-bond donors (Lipinski definition) is 1. The molecule has 1 aromatic heterocycles. The molecule has 0 radical (unpaired) electrons. The molecule has 5 nitrogen and oxygen atoms in total. The molecule has 3 aliphatic rings. The van der Waals surface area contributed by atoms with Gasteiger partial charge in [-0.05, 0) is 37.8 Å². The fourth-order valence-electron chi connectivity index (χ4n) is 2.72. The van der Waals surface area contributed by atoms with Crippen LogP contribution in [0, 0.1) is 11.8 Å². The number of rotatable bonds is 5. The molecule has 0 atom stereocenters. The summed E-state index contributed by atoms with van der Waals surface area (Å²) in [7, 11) is 0. The normalized spacial score (nSPS) is 22.5. The molecule has 0 aromatic carbocycles. The third-order valence-corrected chi connectivity index (χ3v) is 4.46. The number of anilines is 1. The molecule has 1 amide bonds.